The van der Waals surface area contributed by atoms with Gasteiger partial charge in [0, 0.05) is 10.2 Å². The van der Waals surface area contributed by atoms with Crippen molar-refractivity contribution in [3.05, 3.63) is 27.7 Å². The summed E-state index contributed by atoms with van der Waals surface area (Å²) in [6.07, 6.45) is 0. The van der Waals surface area contributed by atoms with Crippen LogP contribution in [-0.4, -0.2) is 45.2 Å². The van der Waals surface area contributed by atoms with E-state index in [9.17, 15) is 21.6 Å². The molecule has 1 aromatic carbocycles. The summed E-state index contributed by atoms with van der Waals surface area (Å²) in [5, 5.41) is 8.98. The van der Waals surface area contributed by atoms with E-state index in [2.05, 4.69) is 15.9 Å². The fourth-order valence-corrected chi connectivity index (χ4v) is 5.47. The molecular formula is C12H15BrO6S2. The summed E-state index contributed by atoms with van der Waals surface area (Å²) in [5.41, 5.74) is 0.179. The van der Waals surface area contributed by atoms with E-state index in [0.29, 0.717) is 10.0 Å². The summed E-state index contributed by atoms with van der Waals surface area (Å²) in [6, 6.07) is 2.36. The Balaban J connectivity index is 3.28. The first-order valence-electron chi connectivity index (χ1n) is 5.97. The average molecular weight is 399 g/mol. The number of halogens is 1. The summed E-state index contributed by atoms with van der Waals surface area (Å²) in [5.74, 6) is -2.45. The van der Waals surface area contributed by atoms with E-state index in [1.807, 2.05) is 0 Å². The minimum Gasteiger partial charge on any atom is -0.478 e. The Morgan fingerprint density at radius 1 is 1.19 bits per heavy atom. The standard InChI is InChI=1S/C12H15BrO6S2/c1-3-20(16,17)4-5-21(18,19)11-7-9(12(14)15)6-10(13)8(11)2/h6-7H,3-5H2,1-2H3,(H,14,15). The predicted octanol–water partition coefficient (Wildman–Crippen LogP) is 1.66. The largest absolute Gasteiger partial charge is 0.478 e. The lowest BCUT2D eigenvalue weighted by Crippen LogP contribution is -2.19. The molecule has 1 aromatic rings. The van der Waals surface area contributed by atoms with Crippen molar-refractivity contribution in [1.29, 1.82) is 0 Å². The van der Waals surface area contributed by atoms with Gasteiger partial charge in [-0.1, -0.05) is 22.9 Å². The van der Waals surface area contributed by atoms with Crippen LogP contribution < -0.4 is 0 Å². The zero-order valence-electron chi connectivity index (χ0n) is 11.5. The van der Waals surface area contributed by atoms with Gasteiger partial charge < -0.3 is 5.11 Å². The third-order valence-corrected chi connectivity index (χ3v) is 7.61. The Morgan fingerprint density at radius 2 is 1.76 bits per heavy atom. The summed E-state index contributed by atoms with van der Waals surface area (Å²) >= 11 is 3.12. The molecule has 0 fully saturated rings. The molecule has 0 atom stereocenters. The van der Waals surface area contributed by atoms with Crippen LogP contribution in [0.5, 0.6) is 0 Å². The molecule has 6 nitrogen and oxygen atoms in total. The van der Waals surface area contributed by atoms with Crippen molar-refractivity contribution in [1.82, 2.24) is 0 Å². The molecule has 0 aliphatic heterocycles. The molecule has 0 saturated heterocycles. The summed E-state index contributed by atoms with van der Waals surface area (Å²) < 4.78 is 47.7. The molecule has 0 unspecified atom stereocenters. The normalized spacial score (nSPS) is 12.3. The van der Waals surface area contributed by atoms with E-state index in [1.54, 1.807) is 0 Å². The van der Waals surface area contributed by atoms with E-state index in [-0.39, 0.29) is 16.2 Å². The lowest BCUT2D eigenvalue weighted by atomic mass is 10.1. The second-order valence-corrected chi connectivity index (χ2v) is 9.85. The number of rotatable bonds is 6. The molecule has 0 heterocycles. The van der Waals surface area contributed by atoms with Crippen molar-refractivity contribution in [3.8, 4) is 0 Å². The number of carbonyl (C=O) groups is 1. The van der Waals surface area contributed by atoms with Crippen LogP contribution in [0.25, 0.3) is 0 Å². The lowest BCUT2D eigenvalue weighted by Gasteiger charge is -2.10. The van der Waals surface area contributed by atoms with Crippen molar-refractivity contribution < 1.29 is 26.7 Å². The van der Waals surface area contributed by atoms with Gasteiger partial charge in [0.25, 0.3) is 0 Å². The second-order valence-electron chi connectivity index (χ2n) is 4.44. The van der Waals surface area contributed by atoms with Gasteiger partial charge in [-0.25, -0.2) is 21.6 Å². The fraction of sp³-hybridized carbons (Fsp3) is 0.417. The number of hydrogen-bond acceptors (Lipinski definition) is 5. The topological polar surface area (TPSA) is 106 Å². The number of carboxylic acids is 1. The highest BCUT2D eigenvalue weighted by atomic mass is 79.9. The third kappa shape index (κ3) is 4.52. The smallest absolute Gasteiger partial charge is 0.335 e. The van der Waals surface area contributed by atoms with Crippen molar-refractivity contribution in [2.45, 2.75) is 18.7 Å². The molecule has 0 aliphatic rings. The third-order valence-electron chi connectivity index (χ3n) is 2.98. The fourth-order valence-electron chi connectivity index (χ4n) is 1.59. The molecule has 0 saturated carbocycles. The van der Waals surface area contributed by atoms with Gasteiger partial charge in [0.1, 0.15) is 0 Å². The molecule has 118 valence electrons. The van der Waals surface area contributed by atoms with Gasteiger partial charge in [0.05, 0.1) is 22.0 Å². The van der Waals surface area contributed by atoms with Crippen LogP contribution in [0, 0.1) is 6.92 Å². The highest BCUT2D eigenvalue weighted by molar-refractivity contribution is 9.10. The molecule has 21 heavy (non-hydrogen) atoms. The number of carboxylic acid groups (broad SMARTS) is 1. The van der Waals surface area contributed by atoms with Crippen molar-refractivity contribution in [2.75, 3.05) is 17.3 Å². The molecule has 0 aliphatic carbocycles. The molecule has 0 radical (unpaired) electrons. The Morgan fingerprint density at radius 3 is 2.24 bits per heavy atom. The van der Waals surface area contributed by atoms with Gasteiger partial charge in [0.2, 0.25) is 0 Å². The van der Waals surface area contributed by atoms with Crippen LogP contribution in [0.3, 0.4) is 0 Å². The monoisotopic (exact) mass is 398 g/mol. The first-order valence-corrected chi connectivity index (χ1v) is 10.2. The second kappa shape index (κ2) is 6.45. The highest BCUT2D eigenvalue weighted by Gasteiger charge is 2.23. The number of hydrogen-bond donors (Lipinski definition) is 1. The quantitative estimate of drug-likeness (QED) is 0.780. The van der Waals surface area contributed by atoms with E-state index in [0.717, 1.165) is 6.07 Å². The van der Waals surface area contributed by atoms with E-state index >= 15 is 0 Å². The van der Waals surface area contributed by atoms with Gasteiger partial charge in [-0.2, -0.15) is 0 Å². The van der Waals surface area contributed by atoms with E-state index in [4.69, 9.17) is 5.11 Å². The zero-order chi connectivity index (χ0) is 16.4. The van der Waals surface area contributed by atoms with Gasteiger partial charge in [-0.3, -0.25) is 0 Å². The first-order chi connectivity index (χ1) is 9.50. The first kappa shape index (κ1) is 18.1. The van der Waals surface area contributed by atoms with E-state index in [1.165, 1.54) is 19.9 Å². The molecule has 0 spiro atoms. The summed E-state index contributed by atoms with van der Waals surface area (Å²) in [7, 11) is -7.30. The molecule has 9 heteroatoms. The van der Waals surface area contributed by atoms with Crippen LogP contribution in [0.1, 0.15) is 22.8 Å². The molecule has 1 rings (SSSR count). The number of aromatic carboxylic acids is 1. The van der Waals surface area contributed by atoms with Crippen molar-refractivity contribution in [3.63, 3.8) is 0 Å². The van der Waals surface area contributed by atoms with Crippen LogP contribution in [0.2, 0.25) is 0 Å². The minimum atomic E-state index is -3.89. The molecule has 0 aromatic heterocycles. The van der Waals surface area contributed by atoms with Crippen molar-refractivity contribution >= 4 is 41.6 Å². The Labute approximate surface area is 132 Å². The van der Waals surface area contributed by atoms with Crippen LogP contribution >= 0.6 is 15.9 Å². The Hall–Kier alpha value is -0.930. The van der Waals surface area contributed by atoms with Gasteiger partial charge >= 0.3 is 5.97 Å². The minimum absolute atomic E-state index is 0.139. The van der Waals surface area contributed by atoms with Crippen LogP contribution in [0.15, 0.2) is 21.5 Å². The maximum absolute atomic E-state index is 12.3. The molecule has 0 amide bonds. The zero-order valence-corrected chi connectivity index (χ0v) is 14.7. The highest BCUT2D eigenvalue weighted by Crippen LogP contribution is 2.26. The molecular weight excluding hydrogens is 384 g/mol. The lowest BCUT2D eigenvalue weighted by molar-refractivity contribution is 0.0696. The summed E-state index contributed by atoms with van der Waals surface area (Å²) in [6.45, 7) is 2.96. The molecule has 1 N–H and O–H groups in total. The maximum atomic E-state index is 12.3. The van der Waals surface area contributed by atoms with Crippen molar-refractivity contribution in [2.24, 2.45) is 0 Å². The Bertz CT molecular complexity index is 765. The van der Waals surface area contributed by atoms with Crippen LogP contribution in [-0.2, 0) is 19.7 Å². The summed E-state index contributed by atoms with van der Waals surface area (Å²) in [4.78, 5) is 10.8. The van der Waals surface area contributed by atoms with Gasteiger partial charge in [-0.05, 0) is 24.6 Å². The number of benzene rings is 1. The molecule has 0 bridgehead atoms. The van der Waals surface area contributed by atoms with Gasteiger partial charge in [-0.15, -0.1) is 0 Å². The maximum Gasteiger partial charge on any atom is 0.335 e. The predicted molar refractivity (Wildman–Crippen MR) is 82.2 cm³/mol. The Kier molecular flexibility index (Phi) is 5.57. The average Bonchev–Trinajstić information content (AvgIpc) is 2.39. The van der Waals surface area contributed by atoms with Gasteiger partial charge in [0.15, 0.2) is 19.7 Å². The SMILES string of the molecule is CCS(=O)(=O)CCS(=O)(=O)c1cc(C(=O)O)cc(Br)c1C. The van der Waals surface area contributed by atoms with Crippen LogP contribution in [0.4, 0.5) is 0 Å². The van der Waals surface area contributed by atoms with E-state index < -0.39 is 37.1 Å². The number of sulfone groups is 2.